The van der Waals surface area contributed by atoms with Crippen molar-refractivity contribution in [1.29, 1.82) is 0 Å². The van der Waals surface area contributed by atoms with Gasteiger partial charge in [0.25, 0.3) is 0 Å². The first-order valence-corrected chi connectivity index (χ1v) is 35.8. The summed E-state index contributed by atoms with van der Waals surface area (Å²) in [5.74, 6) is 4.37. The van der Waals surface area contributed by atoms with Crippen molar-refractivity contribution < 1.29 is 0 Å². The maximum Gasteiger partial charge on any atom is 0.0360 e. The Morgan fingerprint density at radius 2 is 0.514 bits per heavy atom. The van der Waals surface area contributed by atoms with Crippen LogP contribution in [0.15, 0.2) is 0 Å². The van der Waals surface area contributed by atoms with Gasteiger partial charge in [0.05, 0.1) is 0 Å². The predicted molar refractivity (Wildman–Crippen MR) is 334 cm³/mol. The van der Waals surface area contributed by atoms with Crippen molar-refractivity contribution in [3.05, 3.63) is 0 Å². The molecule has 2 saturated carbocycles. The third-order valence-electron chi connectivity index (χ3n) is 19.4. The lowest BCUT2D eigenvalue weighted by Crippen LogP contribution is -2.50. The van der Waals surface area contributed by atoms with Gasteiger partial charge < -0.3 is 0 Å². The Labute approximate surface area is 464 Å². The Balaban J connectivity index is 1.86. The second kappa shape index (κ2) is 43.5. The largest absolute Gasteiger partial charge is 0.299 e. The Morgan fingerprint density at radius 1 is 0.319 bits per heavy atom. The summed E-state index contributed by atoms with van der Waals surface area (Å²) in [6.07, 6.45) is 66.7. The number of hydrogen-bond acceptors (Lipinski definition) is 4. The van der Waals surface area contributed by atoms with Crippen LogP contribution in [-0.4, -0.2) is 57.6 Å². The molecule has 0 N–H and O–H groups in total. The first kappa shape index (κ1) is 68.7. The molecule has 2 rings (SSSR count). The van der Waals surface area contributed by atoms with Crippen molar-refractivity contribution in [1.82, 2.24) is 9.80 Å². The number of hydrogen-bond donors (Lipinski definition) is 0. The lowest BCUT2D eigenvalue weighted by Gasteiger charge is -2.45. The zero-order valence-corrected chi connectivity index (χ0v) is 53.5. The lowest BCUT2D eigenvalue weighted by molar-refractivity contribution is 0.139. The van der Waals surface area contributed by atoms with Gasteiger partial charge in [0.2, 0.25) is 0 Å². The van der Waals surface area contributed by atoms with Crippen LogP contribution in [0.4, 0.5) is 0 Å². The quantitative estimate of drug-likeness (QED) is 0.0442. The number of rotatable bonds is 55. The van der Waals surface area contributed by atoms with Crippen LogP contribution >= 0.6 is 21.6 Å². The molecule has 0 spiro atoms. The van der Waals surface area contributed by atoms with Crippen molar-refractivity contribution in [2.45, 2.75) is 398 Å². The third kappa shape index (κ3) is 33.1. The molecule has 8 unspecified atom stereocenters. The number of nitrogens with zero attached hydrogens (tertiary/aromatic N) is 2. The van der Waals surface area contributed by atoms with Crippen molar-refractivity contribution in [3.8, 4) is 0 Å². The summed E-state index contributed by atoms with van der Waals surface area (Å²) in [6, 6.07) is 2.50. The summed E-state index contributed by atoms with van der Waals surface area (Å²) in [5, 5.41) is 0. The van der Waals surface area contributed by atoms with E-state index in [0.29, 0.717) is 24.2 Å². The Kier molecular flexibility index (Phi) is 41.5. The summed E-state index contributed by atoms with van der Waals surface area (Å²) in [5.41, 5.74) is 0. The zero-order chi connectivity index (χ0) is 52.7. The molecular formula is C68H136N2S2. The van der Waals surface area contributed by atoms with Crippen LogP contribution in [0.5, 0.6) is 0 Å². The highest BCUT2D eigenvalue weighted by Gasteiger charge is 2.39. The molecule has 0 aromatic heterocycles. The highest BCUT2D eigenvalue weighted by atomic mass is 33.1. The molecular weight excluding hydrogens is 909 g/mol. The van der Waals surface area contributed by atoms with Gasteiger partial charge in [-0.25, -0.2) is 0 Å². The van der Waals surface area contributed by atoms with Crippen molar-refractivity contribution in [2.24, 2.45) is 23.7 Å². The van der Waals surface area contributed by atoms with Gasteiger partial charge in [-0.15, -0.1) is 0 Å². The molecule has 0 amide bonds. The van der Waals surface area contributed by atoms with Gasteiger partial charge in [0, 0.05) is 33.7 Å². The minimum Gasteiger partial charge on any atom is -0.299 e. The van der Waals surface area contributed by atoms with E-state index in [4.69, 9.17) is 0 Å². The molecule has 8 atom stereocenters. The van der Waals surface area contributed by atoms with E-state index in [0.717, 1.165) is 23.7 Å². The van der Waals surface area contributed by atoms with Crippen LogP contribution in [0.25, 0.3) is 0 Å². The SMILES string of the molecule is CCCCCCCCCC(CCCCCCCC1CC1CCCCCCCC)N(C)C(C)C(C)(C)SSC(C)(C)C(C)N(C)C(CCCCCCCCC)CCCCCCCC1CC1CCCCCCCC. The molecule has 4 heteroatoms. The van der Waals surface area contributed by atoms with Crippen LogP contribution in [0.2, 0.25) is 0 Å². The smallest absolute Gasteiger partial charge is 0.0360 e. The molecule has 2 nitrogen and oxygen atoms in total. The van der Waals surface area contributed by atoms with Crippen LogP contribution in [0.3, 0.4) is 0 Å². The Morgan fingerprint density at radius 3 is 0.736 bits per heavy atom. The summed E-state index contributed by atoms with van der Waals surface area (Å²) in [4.78, 5) is 5.73. The van der Waals surface area contributed by atoms with Gasteiger partial charge in [0.15, 0.2) is 0 Å². The lowest BCUT2D eigenvalue weighted by atomic mass is 9.95. The fraction of sp³-hybridized carbons (Fsp3) is 1.00. The van der Waals surface area contributed by atoms with Gasteiger partial charge in [-0.05, 0) is 118 Å². The molecule has 2 aliphatic carbocycles. The van der Waals surface area contributed by atoms with Gasteiger partial charge >= 0.3 is 0 Å². The first-order valence-electron chi connectivity index (χ1n) is 33.6. The predicted octanol–water partition coefficient (Wildman–Crippen LogP) is 23.8. The van der Waals surface area contributed by atoms with E-state index in [9.17, 15) is 0 Å². The summed E-state index contributed by atoms with van der Waals surface area (Å²) in [6.45, 7) is 24.8. The molecule has 2 fully saturated rings. The fourth-order valence-electron chi connectivity index (χ4n) is 12.8. The molecule has 0 radical (unpaired) electrons. The second-order valence-electron chi connectivity index (χ2n) is 26.5. The topological polar surface area (TPSA) is 6.48 Å². The molecule has 430 valence electrons. The van der Waals surface area contributed by atoms with E-state index in [1.807, 2.05) is 0 Å². The van der Waals surface area contributed by atoms with Crippen molar-refractivity contribution in [3.63, 3.8) is 0 Å². The molecule has 0 bridgehead atoms. The van der Waals surface area contributed by atoms with Crippen LogP contribution in [0.1, 0.15) is 365 Å². The molecule has 72 heavy (non-hydrogen) atoms. The van der Waals surface area contributed by atoms with Crippen molar-refractivity contribution >= 4 is 21.6 Å². The third-order valence-corrected chi connectivity index (χ3v) is 23.8. The summed E-state index contributed by atoms with van der Waals surface area (Å²) >= 11 is 0. The zero-order valence-electron chi connectivity index (χ0n) is 51.9. The van der Waals surface area contributed by atoms with E-state index in [2.05, 4.69) is 115 Å². The van der Waals surface area contributed by atoms with E-state index >= 15 is 0 Å². The molecule has 0 aliphatic heterocycles. The number of unbranched alkanes of at least 4 members (excludes halogenated alkanes) is 30. The van der Waals surface area contributed by atoms with Gasteiger partial charge in [-0.2, -0.15) is 0 Å². The summed E-state index contributed by atoms with van der Waals surface area (Å²) < 4.78 is 0.350. The van der Waals surface area contributed by atoms with E-state index in [-0.39, 0.29) is 9.49 Å². The van der Waals surface area contributed by atoms with Crippen LogP contribution < -0.4 is 0 Å². The fourth-order valence-corrected chi connectivity index (χ4v) is 16.0. The van der Waals surface area contributed by atoms with Gasteiger partial charge in [-0.1, -0.05) is 306 Å². The molecule has 0 heterocycles. The highest BCUT2D eigenvalue weighted by molar-refractivity contribution is 8.77. The van der Waals surface area contributed by atoms with Crippen molar-refractivity contribution in [2.75, 3.05) is 14.1 Å². The maximum absolute atomic E-state index is 2.86. The van der Waals surface area contributed by atoms with Gasteiger partial charge in [0.1, 0.15) is 0 Å². The standard InChI is InChI=1S/C68H136N2S2/c1-13-17-21-25-29-37-45-53-65(55-47-39-31-35-43-51-63-57-61(63)49-41-33-27-23-19-15-3)69(11)59(5)67(7,8)71-72-68(9,10)60(6)70(12)66(54-46-38-30-26-22-18-14-2)56-48-40-32-36-44-52-64-58-62(64)50-42-34-28-24-20-16-4/h59-66H,13-58H2,1-12H3. The van der Waals surface area contributed by atoms with Crippen LogP contribution in [0, 0.1) is 23.7 Å². The van der Waals surface area contributed by atoms with Crippen LogP contribution in [-0.2, 0) is 0 Å². The minimum atomic E-state index is 0.175. The maximum atomic E-state index is 2.86. The molecule has 0 saturated heterocycles. The van der Waals surface area contributed by atoms with E-state index < -0.39 is 0 Å². The highest BCUT2D eigenvalue weighted by Crippen LogP contribution is 2.49. The normalized spacial score (nSPS) is 19.9. The Hall–Kier alpha value is 0.620. The van der Waals surface area contributed by atoms with E-state index in [1.165, 1.54) is 283 Å². The molecule has 2 aliphatic rings. The molecule has 0 aromatic carbocycles. The minimum absolute atomic E-state index is 0.175. The van der Waals surface area contributed by atoms with Gasteiger partial charge in [-0.3, -0.25) is 9.80 Å². The average Bonchev–Trinajstić information content (AvgIpc) is 4.31. The average molecular weight is 1050 g/mol. The summed E-state index contributed by atoms with van der Waals surface area (Å²) in [7, 11) is 9.44. The Bertz CT molecular complexity index is 1100. The molecule has 0 aromatic rings. The second-order valence-corrected chi connectivity index (χ2v) is 29.9. The first-order chi connectivity index (χ1) is 34.8. The van der Waals surface area contributed by atoms with E-state index in [1.54, 1.807) is 12.8 Å². The monoisotopic (exact) mass is 1050 g/mol.